The lowest BCUT2D eigenvalue weighted by molar-refractivity contribution is -0.138. The van der Waals surface area contributed by atoms with Crippen molar-refractivity contribution >= 4 is 17.2 Å². The van der Waals surface area contributed by atoms with E-state index < -0.39 is 0 Å². The van der Waals surface area contributed by atoms with Crippen LogP contribution in [0.3, 0.4) is 0 Å². The molecule has 3 rings (SSSR count). The lowest BCUT2D eigenvalue weighted by atomic mass is 9.88. The molecule has 29 heavy (non-hydrogen) atoms. The van der Waals surface area contributed by atoms with E-state index in [9.17, 15) is 4.79 Å². The van der Waals surface area contributed by atoms with Crippen LogP contribution in [0.25, 0.3) is 5.57 Å². The quantitative estimate of drug-likeness (QED) is 0.541. The van der Waals surface area contributed by atoms with Crippen LogP contribution in [-0.2, 0) is 9.53 Å². The molecule has 0 saturated carbocycles. The molecule has 0 radical (unpaired) electrons. The molecule has 0 saturated heterocycles. The zero-order valence-electron chi connectivity index (χ0n) is 18.1. The number of carbonyl (C=O) groups excluding carboxylic acids is 1. The van der Waals surface area contributed by atoms with E-state index >= 15 is 0 Å². The third-order valence-corrected chi connectivity index (χ3v) is 5.48. The molecule has 3 nitrogen and oxygen atoms in total. The standard InChI is InChI=1S/C26H31NO2/c1-6-21-17-23(20-13-9-8-10-14-20)25(26(28)29-7-2)19(5)27(21)24-16-12-11-15-22(24)18(3)4/h8-18,21H,6-7H2,1-5H3. The first-order valence-electron chi connectivity index (χ1n) is 10.5. The van der Waals surface area contributed by atoms with E-state index in [0.29, 0.717) is 18.1 Å². The van der Waals surface area contributed by atoms with Crippen molar-refractivity contribution < 1.29 is 9.53 Å². The minimum atomic E-state index is -0.262. The zero-order chi connectivity index (χ0) is 21.0. The van der Waals surface area contributed by atoms with Gasteiger partial charge in [0.05, 0.1) is 18.2 Å². The van der Waals surface area contributed by atoms with E-state index in [1.54, 1.807) is 0 Å². The molecular weight excluding hydrogens is 358 g/mol. The monoisotopic (exact) mass is 389 g/mol. The van der Waals surface area contributed by atoms with E-state index in [0.717, 1.165) is 28.9 Å². The Morgan fingerprint density at radius 3 is 2.31 bits per heavy atom. The Bertz CT molecular complexity index is 925. The van der Waals surface area contributed by atoms with Crippen molar-refractivity contribution in [2.24, 2.45) is 0 Å². The predicted molar refractivity (Wildman–Crippen MR) is 121 cm³/mol. The maximum absolute atomic E-state index is 13.0. The minimum absolute atomic E-state index is 0.170. The highest BCUT2D eigenvalue weighted by atomic mass is 16.5. The summed E-state index contributed by atoms with van der Waals surface area (Å²) in [5, 5.41) is 0. The molecule has 0 amide bonds. The van der Waals surface area contributed by atoms with Crippen molar-refractivity contribution in [3.8, 4) is 0 Å². The highest BCUT2D eigenvalue weighted by Gasteiger charge is 2.32. The number of benzene rings is 2. The van der Waals surface area contributed by atoms with E-state index in [1.165, 1.54) is 5.56 Å². The topological polar surface area (TPSA) is 29.5 Å². The second kappa shape index (κ2) is 9.13. The van der Waals surface area contributed by atoms with Crippen LogP contribution in [0.2, 0.25) is 0 Å². The molecule has 0 N–H and O–H groups in total. The lowest BCUT2D eigenvalue weighted by Crippen LogP contribution is -2.38. The Hall–Kier alpha value is -2.81. The largest absolute Gasteiger partial charge is 0.462 e. The molecule has 152 valence electrons. The number of carbonyl (C=O) groups is 1. The number of rotatable bonds is 6. The van der Waals surface area contributed by atoms with Crippen molar-refractivity contribution in [2.75, 3.05) is 11.5 Å². The van der Waals surface area contributed by atoms with Crippen LogP contribution in [0.5, 0.6) is 0 Å². The van der Waals surface area contributed by atoms with Crippen LogP contribution in [0.15, 0.2) is 71.9 Å². The van der Waals surface area contributed by atoms with Gasteiger partial charge in [-0.05, 0) is 49.0 Å². The SMILES string of the molecule is CCOC(=O)C1=C(C)N(c2ccccc2C(C)C)C(CC)C=C1c1ccccc1. The summed E-state index contributed by atoms with van der Waals surface area (Å²) in [6, 6.07) is 18.8. The highest BCUT2D eigenvalue weighted by molar-refractivity contribution is 6.08. The van der Waals surface area contributed by atoms with Gasteiger partial charge in [-0.15, -0.1) is 0 Å². The second-order valence-electron chi connectivity index (χ2n) is 7.69. The normalized spacial score (nSPS) is 16.8. The minimum Gasteiger partial charge on any atom is -0.462 e. The number of hydrogen-bond acceptors (Lipinski definition) is 3. The fraction of sp³-hybridized carbons (Fsp3) is 0.346. The molecule has 0 fully saturated rings. The molecule has 1 unspecified atom stereocenters. The van der Waals surface area contributed by atoms with Crippen LogP contribution in [-0.4, -0.2) is 18.6 Å². The maximum Gasteiger partial charge on any atom is 0.340 e. The van der Waals surface area contributed by atoms with Crippen LogP contribution in [0.4, 0.5) is 5.69 Å². The van der Waals surface area contributed by atoms with Gasteiger partial charge < -0.3 is 9.64 Å². The number of ether oxygens (including phenoxy) is 1. The third-order valence-electron chi connectivity index (χ3n) is 5.48. The summed E-state index contributed by atoms with van der Waals surface area (Å²) in [4.78, 5) is 15.3. The molecule has 0 bridgehead atoms. The van der Waals surface area contributed by atoms with Crippen LogP contribution >= 0.6 is 0 Å². The number of esters is 1. The Morgan fingerprint density at radius 1 is 1.03 bits per heavy atom. The smallest absolute Gasteiger partial charge is 0.340 e. The van der Waals surface area contributed by atoms with Gasteiger partial charge in [0.15, 0.2) is 0 Å². The van der Waals surface area contributed by atoms with E-state index in [1.807, 2.05) is 32.0 Å². The average molecular weight is 390 g/mol. The molecule has 1 aliphatic rings. The molecule has 0 aromatic heterocycles. The Balaban J connectivity index is 2.22. The number of anilines is 1. The van der Waals surface area contributed by atoms with Crippen molar-refractivity contribution in [3.05, 3.63) is 83.1 Å². The predicted octanol–water partition coefficient (Wildman–Crippen LogP) is 6.33. The molecule has 1 heterocycles. The lowest BCUT2D eigenvalue weighted by Gasteiger charge is -2.39. The van der Waals surface area contributed by atoms with Gasteiger partial charge in [-0.25, -0.2) is 4.79 Å². The fourth-order valence-corrected chi connectivity index (χ4v) is 4.09. The van der Waals surface area contributed by atoms with Crippen LogP contribution < -0.4 is 4.90 Å². The van der Waals surface area contributed by atoms with E-state index in [2.05, 4.69) is 68.1 Å². The Labute approximate surface area is 174 Å². The van der Waals surface area contributed by atoms with Crippen LogP contribution in [0, 0.1) is 0 Å². The summed E-state index contributed by atoms with van der Waals surface area (Å²) in [6.45, 7) is 10.9. The zero-order valence-corrected chi connectivity index (χ0v) is 18.1. The van der Waals surface area contributed by atoms with Gasteiger partial charge in [0.25, 0.3) is 0 Å². The van der Waals surface area contributed by atoms with E-state index in [-0.39, 0.29) is 12.0 Å². The number of nitrogens with zero attached hydrogens (tertiary/aromatic N) is 1. The highest BCUT2D eigenvalue weighted by Crippen LogP contribution is 2.40. The van der Waals surface area contributed by atoms with Gasteiger partial charge in [-0.1, -0.05) is 75.4 Å². The second-order valence-corrected chi connectivity index (χ2v) is 7.69. The third kappa shape index (κ3) is 4.14. The summed E-state index contributed by atoms with van der Waals surface area (Å²) < 4.78 is 5.47. The van der Waals surface area contributed by atoms with Gasteiger partial charge in [0, 0.05) is 11.4 Å². The molecular formula is C26H31NO2. The number of hydrogen-bond donors (Lipinski definition) is 0. The first-order chi connectivity index (χ1) is 14.0. The first kappa shape index (κ1) is 20.9. The first-order valence-corrected chi connectivity index (χ1v) is 10.5. The van der Waals surface area contributed by atoms with E-state index in [4.69, 9.17) is 4.74 Å². The Kier molecular flexibility index (Phi) is 6.58. The van der Waals surface area contributed by atoms with Crippen molar-refractivity contribution in [1.29, 1.82) is 0 Å². The summed E-state index contributed by atoms with van der Waals surface area (Å²) in [5.74, 6) is 0.128. The van der Waals surface area contributed by atoms with Gasteiger partial charge >= 0.3 is 5.97 Å². The van der Waals surface area contributed by atoms with Gasteiger partial charge in [-0.3, -0.25) is 0 Å². The van der Waals surface area contributed by atoms with Gasteiger partial charge in [-0.2, -0.15) is 0 Å². The molecule has 1 aliphatic heterocycles. The molecule has 3 heteroatoms. The fourth-order valence-electron chi connectivity index (χ4n) is 4.09. The van der Waals surface area contributed by atoms with Gasteiger partial charge in [0.2, 0.25) is 0 Å². The van der Waals surface area contributed by atoms with Crippen molar-refractivity contribution in [2.45, 2.75) is 53.0 Å². The summed E-state index contributed by atoms with van der Waals surface area (Å²) in [5.41, 5.74) is 6.06. The molecule has 2 aromatic carbocycles. The van der Waals surface area contributed by atoms with Gasteiger partial charge in [0.1, 0.15) is 0 Å². The number of allylic oxidation sites excluding steroid dienone is 1. The Morgan fingerprint density at radius 2 is 1.69 bits per heavy atom. The molecule has 0 aliphatic carbocycles. The molecule has 1 atom stereocenters. The maximum atomic E-state index is 13.0. The van der Waals surface area contributed by atoms with Crippen LogP contribution in [0.1, 0.15) is 58.1 Å². The summed E-state index contributed by atoms with van der Waals surface area (Å²) in [6.07, 6.45) is 3.17. The summed E-state index contributed by atoms with van der Waals surface area (Å²) in [7, 11) is 0. The molecule has 2 aromatic rings. The number of para-hydroxylation sites is 1. The average Bonchev–Trinajstić information content (AvgIpc) is 2.73. The summed E-state index contributed by atoms with van der Waals surface area (Å²) >= 11 is 0. The molecule has 0 spiro atoms. The van der Waals surface area contributed by atoms with Crippen molar-refractivity contribution in [3.63, 3.8) is 0 Å². The van der Waals surface area contributed by atoms with Crippen molar-refractivity contribution in [1.82, 2.24) is 0 Å².